The Morgan fingerprint density at radius 1 is 1.08 bits per heavy atom. The van der Waals surface area contributed by atoms with Crippen molar-refractivity contribution in [3.63, 3.8) is 0 Å². The first kappa shape index (κ1) is 29.7. The summed E-state index contributed by atoms with van der Waals surface area (Å²) in [6.07, 6.45) is 5.32. The molecule has 1 saturated heterocycles. The Kier molecular flexibility index (Phi) is 10.4. The number of aliphatic hydroxyl groups is 1. The molecule has 1 heterocycles. The van der Waals surface area contributed by atoms with Gasteiger partial charge in [0, 0.05) is 30.4 Å². The Morgan fingerprint density at radius 2 is 1.74 bits per heavy atom. The molecule has 210 valence electrons. The molecule has 1 aliphatic carbocycles. The molecule has 3 rings (SSSR count). The van der Waals surface area contributed by atoms with Crippen LogP contribution in [-0.4, -0.2) is 66.2 Å². The van der Waals surface area contributed by atoms with Gasteiger partial charge in [-0.3, -0.25) is 14.4 Å². The number of esters is 1. The van der Waals surface area contributed by atoms with Crippen LogP contribution >= 0.6 is 0 Å². The molecule has 0 spiro atoms. The van der Waals surface area contributed by atoms with Crippen molar-refractivity contribution in [3.8, 4) is 0 Å². The number of carbonyl (C=O) groups is 3. The number of nitrogens with one attached hydrogen (secondary N) is 1. The van der Waals surface area contributed by atoms with E-state index in [1.54, 1.807) is 11.8 Å². The lowest BCUT2D eigenvalue weighted by molar-refractivity contribution is -0.156. The quantitative estimate of drug-likeness (QED) is 0.314. The molecule has 1 aromatic rings. The fraction of sp³-hybridized carbons (Fsp3) is 0.633. The minimum Gasteiger partial charge on any atom is -0.466 e. The van der Waals surface area contributed by atoms with Gasteiger partial charge in [-0.15, -0.1) is 0 Å². The van der Waals surface area contributed by atoms with E-state index in [4.69, 9.17) is 4.74 Å². The van der Waals surface area contributed by atoms with Gasteiger partial charge in [-0.1, -0.05) is 39.3 Å². The number of ether oxygens (including phenoxy) is 1. The van der Waals surface area contributed by atoms with E-state index >= 15 is 0 Å². The predicted octanol–water partition coefficient (Wildman–Crippen LogP) is 4.10. The smallest absolute Gasteiger partial charge is 0.310 e. The van der Waals surface area contributed by atoms with E-state index in [-0.39, 0.29) is 36.9 Å². The average molecular weight is 528 g/mol. The molecule has 2 N–H and O–H groups in total. The number of fused-ring (bicyclic) bond motifs is 1. The van der Waals surface area contributed by atoms with Crippen molar-refractivity contribution in [2.45, 2.75) is 66.5 Å². The Labute approximate surface area is 227 Å². The van der Waals surface area contributed by atoms with Crippen molar-refractivity contribution >= 4 is 29.2 Å². The van der Waals surface area contributed by atoms with Gasteiger partial charge in [0.15, 0.2) is 0 Å². The number of benzene rings is 1. The largest absolute Gasteiger partial charge is 0.466 e. The predicted molar refractivity (Wildman–Crippen MR) is 150 cm³/mol. The van der Waals surface area contributed by atoms with Gasteiger partial charge in [0.1, 0.15) is 6.04 Å². The van der Waals surface area contributed by atoms with Crippen molar-refractivity contribution in [2.75, 3.05) is 36.5 Å². The second-order valence-corrected chi connectivity index (χ2v) is 10.4. The van der Waals surface area contributed by atoms with Gasteiger partial charge < -0.3 is 25.0 Å². The Balaban J connectivity index is 2.00. The molecule has 1 fully saturated rings. The zero-order chi connectivity index (χ0) is 28.0. The summed E-state index contributed by atoms with van der Waals surface area (Å²) in [6, 6.07) is 6.31. The lowest BCUT2D eigenvalue weighted by Gasteiger charge is -2.36. The van der Waals surface area contributed by atoms with Gasteiger partial charge >= 0.3 is 5.97 Å². The Bertz CT molecular complexity index is 990. The Hall–Kier alpha value is -2.87. The summed E-state index contributed by atoms with van der Waals surface area (Å²) in [4.78, 5) is 44.9. The lowest BCUT2D eigenvalue weighted by atomic mass is 9.69. The third-order valence-corrected chi connectivity index (χ3v) is 8.45. The van der Waals surface area contributed by atoms with Crippen LogP contribution in [0.4, 0.5) is 11.4 Å². The number of rotatable bonds is 12. The number of hydrogen-bond donors (Lipinski definition) is 2. The van der Waals surface area contributed by atoms with Gasteiger partial charge in [-0.2, -0.15) is 0 Å². The molecule has 2 amide bonds. The number of aliphatic hydroxyl groups excluding tert-OH is 1. The zero-order valence-corrected chi connectivity index (χ0v) is 23.7. The lowest BCUT2D eigenvalue weighted by Crippen LogP contribution is -2.52. The second kappa shape index (κ2) is 13.3. The maximum absolute atomic E-state index is 14.1. The monoisotopic (exact) mass is 527 g/mol. The summed E-state index contributed by atoms with van der Waals surface area (Å²) in [7, 11) is 0. The maximum atomic E-state index is 14.1. The summed E-state index contributed by atoms with van der Waals surface area (Å²) in [5.74, 6) is -3.00. The van der Waals surface area contributed by atoms with Gasteiger partial charge in [0.2, 0.25) is 11.8 Å². The Morgan fingerprint density at radius 3 is 2.26 bits per heavy atom. The van der Waals surface area contributed by atoms with Crippen LogP contribution in [0.15, 0.2) is 36.4 Å². The van der Waals surface area contributed by atoms with E-state index in [1.165, 1.54) is 0 Å². The van der Waals surface area contributed by atoms with Crippen molar-refractivity contribution in [1.29, 1.82) is 0 Å². The van der Waals surface area contributed by atoms with Gasteiger partial charge in [0.05, 0.1) is 31.1 Å². The van der Waals surface area contributed by atoms with Crippen molar-refractivity contribution in [3.05, 3.63) is 36.4 Å². The first-order valence-electron chi connectivity index (χ1n) is 14.2. The number of anilines is 2. The number of allylic oxidation sites excluding steroid dienone is 1. The number of nitrogens with zero attached hydrogens (tertiary/aromatic N) is 2. The summed E-state index contributed by atoms with van der Waals surface area (Å²) in [6.45, 7) is 13.7. The third-order valence-electron chi connectivity index (χ3n) is 8.45. The first-order valence-corrected chi connectivity index (χ1v) is 14.2. The van der Waals surface area contributed by atoms with Crippen LogP contribution in [-0.2, 0) is 19.1 Å². The molecule has 0 radical (unpaired) electrons. The molecule has 0 bridgehead atoms. The highest BCUT2D eigenvalue weighted by Gasteiger charge is 2.59. The van der Waals surface area contributed by atoms with E-state index < -0.39 is 35.8 Å². The van der Waals surface area contributed by atoms with Crippen molar-refractivity contribution in [2.24, 2.45) is 29.6 Å². The fourth-order valence-electron chi connectivity index (χ4n) is 6.13. The van der Waals surface area contributed by atoms with Crippen LogP contribution < -0.4 is 10.2 Å². The summed E-state index contributed by atoms with van der Waals surface area (Å²) >= 11 is 0. The van der Waals surface area contributed by atoms with Crippen LogP contribution in [0.5, 0.6) is 0 Å². The molecule has 8 nitrogen and oxygen atoms in total. The third kappa shape index (κ3) is 5.75. The van der Waals surface area contributed by atoms with Crippen LogP contribution in [0, 0.1) is 29.6 Å². The summed E-state index contributed by atoms with van der Waals surface area (Å²) in [5.41, 5.74) is 1.71. The topological polar surface area (TPSA) is 99.2 Å². The van der Waals surface area contributed by atoms with E-state index in [2.05, 4.69) is 24.1 Å². The second-order valence-electron chi connectivity index (χ2n) is 10.4. The SMILES string of the molecule is CCOC(=O)[C@H]1[C@H]2C(=O)N([C@@H](CO)[C@@H](C)CC)[C@H](C(=O)Nc3ccc(N(CC)CC)cc3)[C@H]2C=C[C@H]1CC. The highest BCUT2D eigenvalue weighted by atomic mass is 16.5. The zero-order valence-electron chi connectivity index (χ0n) is 23.7. The van der Waals surface area contributed by atoms with Crippen LogP contribution in [0.3, 0.4) is 0 Å². The van der Waals surface area contributed by atoms with Gasteiger partial charge in [-0.05, 0) is 63.3 Å². The molecule has 1 aromatic carbocycles. The van der Waals surface area contributed by atoms with Crippen LogP contribution in [0.1, 0.15) is 54.4 Å². The number of hydrogen-bond acceptors (Lipinski definition) is 6. The molecule has 38 heavy (non-hydrogen) atoms. The van der Waals surface area contributed by atoms with Crippen LogP contribution in [0.25, 0.3) is 0 Å². The van der Waals surface area contributed by atoms with Crippen molar-refractivity contribution < 1.29 is 24.2 Å². The highest BCUT2D eigenvalue weighted by molar-refractivity contribution is 6.01. The minimum atomic E-state index is -0.841. The molecule has 0 unspecified atom stereocenters. The number of amides is 2. The first-order chi connectivity index (χ1) is 18.3. The molecular weight excluding hydrogens is 482 g/mol. The molecule has 0 aromatic heterocycles. The summed E-state index contributed by atoms with van der Waals surface area (Å²) < 4.78 is 5.40. The van der Waals surface area contributed by atoms with E-state index in [0.717, 1.165) is 25.2 Å². The number of likely N-dealkylation sites (tertiary alicyclic amines) is 1. The standard InChI is InChI=1S/C30H45N3O5/c1-7-19(6)24(18-34)33-27(28(35)31-21-13-15-22(16-14-21)32(9-3)10-4)23-17-12-20(8-2)25(26(23)29(33)36)30(37)38-11-5/h12-17,19-20,23-27,34H,7-11,18H2,1-6H3,(H,31,35)/t19-,20+,23-,24-,25+,26-,27-/m0/s1. The molecule has 0 saturated carbocycles. The maximum Gasteiger partial charge on any atom is 0.310 e. The van der Waals surface area contributed by atoms with Crippen molar-refractivity contribution in [1.82, 2.24) is 4.90 Å². The summed E-state index contributed by atoms with van der Waals surface area (Å²) in [5, 5.41) is 13.4. The van der Waals surface area contributed by atoms with Crippen LogP contribution in [0.2, 0.25) is 0 Å². The molecule has 1 aliphatic heterocycles. The minimum absolute atomic E-state index is 0.0280. The molecule has 7 atom stereocenters. The van der Waals surface area contributed by atoms with E-state index in [0.29, 0.717) is 12.1 Å². The normalized spacial score (nSPS) is 26.0. The van der Waals surface area contributed by atoms with E-state index in [1.807, 2.05) is 57.2 Å². The highest BCUT2D eigenvalue weighted by Crippen LogP contribution is 2.46. The molecular formula is C30H45N3O5. The molecule has 2 aliphatic rings. The van der Waals surface area contributed by atoms with E-state index in [9.17, 15) is 19.5 Å². The number of carbonyl (C=O) groups excluding carboxylic acids is 3. The fourth-order valence-corrected chi connectivity index (χ4v) is 6.13. The van der Waals surface area contributed by atoms with Gasteiger partial charge in [0.25, 0.3) is 0 Å². The van der Waals surface area contributed by atoms with Gasteiger partial charge in [-0.25, -0.2) is 0 Å². The average Bonchev–Trinajstić information content (AvgIpc) is 3.22. The molecule has 8 heteroatoms.